The van der Waals surface area contributed by atoms with Crippen molar-refractivity contribution >= 4 is 11.8 Å². The quantitative estimate of drug-likeness (QED) is 0.569. The summed E-state index contributed by atoms with van der Waals surface area (Å²) in [6, 6.07) is 3.93. The summed E-state index contributed by atoms with van der Waals surface area (Å²) >= 11 is 0. The van der Waals surface area contributed by atoms with Gasteiger partial charge in [0.25, 0.3) is 5.91 Å². The first kappa shape index (κ1) is 22.1. The Morgan fingerprint density at radius 3 is 2.97 bits per heavy atom. The van der Waals surface area contributed by atoms with Crippen molar-refractivity contribution in [1.29, 1.82) is 0 Å². The van der Waals surface area contributed by atoms with Gasteiger partial charge in [-0.3, -0.25) is 9.59 Å². The van der Waals surface area contributed by atoms with Gasteiger partial charge in [-0.25, -0.2) is 4.98 Å². The van der Waals surface area contributed by atoms with Crippen molar-refractivity contribution in [3.8, 4) is 0 Å². The van der Waals surface area contributed by atoms with Gasteiger partial charge in [0.2, 0.25) is 11.8 Å². The molecule has 2 amide bonds. The number of hydrogen-bond acceptors (Lipinski definition) is 5. The first-order valence-corrected chi connectivity index (χ1v) is 10.9. The summed E-state index contributed by atoms with van der Waals surface area (Å²) in [4.78, 5) is 30.8. The lowest BCUT2D eigenvalue weighted by molar-refractivity contribution is -0.133. The van der Waals surface area contributed by atoms with Crippen molar-refractivity contribution in [2.75, 3.05) is 19.7 Å². The number of aromatic nitrogens is 2. The molecule has 164 valence electrons. The molecule has 8 nitrogen and oxygen atoms in total. The van der Waals surface area contributed by atoms with Crippen LogP contribution in [0, 0.1) is 0 Å². The molecule has 0 radical (unpaired) electrons. The molecule has 0 aromatic carbocycles. The maximum absolute atomic E-state index is 12.5. The second-order valence-corrected chi connectivity index (χ2v) is 7.63. The molecule has 2 aromatic heterocycles. The number of unbranched alkanes of at least 4 members (excludes halogenated alkanes) is 1. The molecule has 2 aromatic rings. The summed E-state index contributed by atoms with van der Waals surface area (Å²) < 4.78 is 13.2. The van der Waals surface area contributed by atoms with Crippen LogP contribution >= 0.6 is 0 Å². The van der Waals surface area contributed by atoms with E-state index in [1.165, 1.54) is 6.26 Å². The van der Waals surface area contributed by atoms with Crippen molar-refractivity contribution in [1.82, 2.24) is 19.8 Å². The molecule has 0 aliphatic carbocycles. The van der Waals surface area contributed by atoms with E-state index in [4.69, 9.17) is 9.15 Å². The van der Waals surface area contributed by atoms with E-state index in [0.29, 0.717) is 38.5 Å². The van der Waals surface area contributed by atoms with Crippen LogP contribution in [-0.4, -0.2) is 52.1 Å². The van der Waals surface area contributed by atoms with Crippen LogP contribution in [0.5, 0.6) is 0 Å². The maximum atomic E-state index is 12.5. The summed E-state index contributed by atoms with van der Waals surface area (Å²) in [5.41, 5.74) is 1.28. The van der Waals surface area contributed by atoms with Gasteiger partial charge >= 0.3 is 0 Å². The molecule has 3 rings (SSSR count). The van der Waals surface area contributed by atoms with E-state index >= 15 is 0 Å². The fourth-order valence-corrected chi connectivity index (χ4v) is 3.56. The molecular formula is C22H32N4O4. The van der Waals surface area contributed by atoms with E-state index in [1.54, 1.807) is 0 Å². The number of rotatable bonds is 11. The van der Waals surface area contributed by atoms with E-state index in [-0.39, 0.29) is 23.6 Å². The normalized spacial score (nSPS) is 16.0. The number of oxazole rings is 1. The number of carbonyl (C=O) groups excluding carboxylic acids is 2. The van der Waals surface area contributed by atoms with Crippen molar-refractivity contribution in [2.24, 2.45) is 0 Å². The van der Waals surface area contributed by atoms with Crippen LogP contribution in [0.1, 0.15) is 68.0 Å². The van der Waals surface area contributed by atoms with E-state index in [0.717, 1.165) is 38.0 Å². The highest BCUT2D eigenvalue weighted by atomic mass is 16.5. The Balaban J connectivity index is 1.63. The zero-order chi connectivity index (χ0) is 21.3. The third-order valence-electron chi connectivity index (χ3n) is 5.29. The largest absolute Gasteiger partial charge is 0.446 e. The van der Waals surface area contributed by atoms with Crippen molar-refractivity contribution in [3.05, 3.63) is 41.9 Å². The molecule has 0 spiro atoms. The van der Waals surface area contributed by atoms with Crippen LogP contribution in [0.25, 0.3) is 0 Å². The Morgan fingerprint density at radius 1 is 1.37 bits per heavy atom. The van der Waals surface area contributed by atoms with Crippen LogP contribution < -0.4 is 5.32 Å². The second kappa shape index (κ2) is 11.0. The molecule has 3 heterocycles. The number of nitrogens with zero attached hydrogens (tertiary/aromatic N) is 3. The number of ether oxygens (including phenoxy) is 1. The summed E-state index contributed by atoms with van der Waals surface area (Å²) in [7, 11) is 0. The topological polar surface area (TPSA) is 89.6 Å². The number of amides is 2. The maximum Gasteiger partial charge on any atom is 0.273 e. The van der Waals surface area contributed by atoms with Gasteiger partial charge in [-0.2, -0.15) is 0 Å². The van der Waals surface area contributed by atoms with Gasteiger partial charge in [0.1, 0.15) is 6.26 Å². The Hall–Kier alpha value is -2.61. The Kier molecular flexibility index (Phi) is 8.07. The minimum atomic E-state index is -0.220. The van der Waals surface area contributed by atoms with Gasteiger partial charge in [0.05, 0.1) is 19.2 Å². The van der Waals surface area contributed by atoms with Crippen molar-refractivity contribution in [2.45, 2.75) is 65.1 Å². The van der Waals surface area contributed by atoms with Gasteiger partial charge in [-0.05, 0) is 31.4 Å². The molecule has 1 aliphatic heterocycles. The van der Waals surface area contributed by atoms with Gasteiger partial charge < -0.3 is 23.9 Å². The van der Waals surface area contributed by atoms with E-state index < -0.39 is 0 Å². The molecule has 1 fully saturated rings. The first-order valence-electron chi connectivity index (χ1n) is 10.9. The molecule has 1 atom stereocenters. The predicted octanol–water partition coefficient (Wildman–Crippen LogP) is 2.97. The standard InChI is InChI=1S/C22H32N4O4/c1-3-5-10-23-22(28)19-16-30-20(24-19)15-25-11-6-8-17(25)13-26(21(27)4-2)14-18-9-7-12-29-18/h6,8,11,16,18H,3-5,7,9-10,12-15H2,1-2H3,(H,23,28). The SMILES string of the molecule is CCCCNC(=O)c1coc(Cn2cccc2CN(CC2CCCO2)C(=O)CC)n1. The summed E-state index contributed by atoms with van der Waals surface area (Å²) in [5, 5.41) is 2.84. The molecular weight excluding hydrogens is 384 g/mol. The lowest BCUT2D eigenvalue weighted by atomic mass is 10.2. The molecule has 1 aliphatic rings. The van der Waals surface area contributed by atoms with Crippen LogP contribution in [0.3, 0.4) is 0 Å². The highest BCUT2D eigenvalue weighted by molar-refractivity contribution is 5.91. The van der Waals surface area contributed by atoms with E-state index in [2.05, 4.69) is 17.2 Å². The van der Waals surface area contributed by atoms with Crippen LogP contribution in [-0.2, 0) is 22.6 Å². The molecule has 1 saturated heterocycles. The van der Waals surface area contributed by atoms with Gasteiger partial charge in [0.15, 0.2) is 5.69 Å². The Bertz CT molecular complexity index is 823. The third kappa shape index (κ3) is 5.95. The number of carbonyl (C=O) groups is 2. The van der Waals surface area contributed by atoms with Crippen molar-refractivity contribution in [3.63, 3.8) is 0 Å². The fraction of sp³-hybridized carbons (Fsp3) is 0.591. The highest BCUT2D eigenvalue weighted by Crippen LogP contribution is 2.17. The lowest BCUT2D eigenvalue weighted by Gasteiger charge is -2.25. The Morgan fingerprint density at radius 2 is 2.23 bits per heavy atom. The van der Waals surface area contributed by atoms with E-state index in [1.807, 2.05) is 34.7 Å². The average Bonchev–Trinajstić information content (AvgIpc) is 3.50. The minimum Gasteiger partial charge on any atom is -0.446 e. The second-order valence-electron chi connectivity index (χ2n) is 7.63. The zero-order valence-corrected chi connectivity index (χ0v) is 17.9. The average molecular weight is 417 g/mol. The highest BCUT2D eigenvalue weighted by Gasteiger charge is 2.23. The molecule has 30 heavy (non-hydrogen) atoms. The zero-order valence-electron chi connectivity index (χ0n) is 17.9. The predicted molar refractivity (Wildman–Crippen MR) is 112 cm³/mol. The lowest BCUT2D eigenvalue weighted by Crippen LogP contribution is -2.37. The van der Waals surface area contributed by atoms with Gasteiger partial charge in [-0.15, -0.1) is 0 Å². The van der Waals surface area contributed by atoms with E-state index in [9.17, 15) is 9.59 Å². The number of hydrogen-bond donors (Lipinski definition) is 1. The molecule has 1 unspecified atom stereocenters. The van der Waals surface area contributed by atoms with Crippen LogP contribution in [0.2, 0.25) is 0 Å². The first-order chi connectivity index (χ1) is 14.6. The summed E-state index contributed by atoms with van der Waals surface area (Å²) in [6.45, 7) is 6.87. The van der Waals surface area contributed by atoms with Crippen LogP contribution in [0.15, 0.2) is 29.0 Å². The molecule has 8 heteroatoms. The van der Waals surface area contributed by atoms with Gasteiger partial charge in [-0.1, -0.05) is 20.3 Å². The number of nitrogens with one attached hydrogen (secondary N) is 1. The minimum absolute atomic E-state index is 0.111. The molecule has 0 bridgehead atoms. The summed E-state index contributed by atoms with van der Waals surface area (Å²) in [5.74, 6) is 0.350. The van der Waals surface area contributed by atoms with Gasteiger partial charge in [0, 0.05) is 38.0 Å². The molecule has 1 N–H and O–H groups in total. The molecule has 0 saturated carbocycles. The fourth-order valence-electron chi connectivity index (χ4n) is 3.56. The smallest absolute Gasteiger partial charge is 0.273 e. The Labute approximate surface area is 177 Å². The monoisotopic (exact) mass is 416 g/mol. The summed E-state index contributed by atoms with van der Waals surface area (Å²) in [6.07, 6.45) is 7.90. The third-order valence-corrected chi connectivity index (χ3v) is 5.29. The van der Waals surface area contributed by atoms with Crippen LogP contribution in [0.4, 0.5) is 0 Å². The van der Waals surface area contributed by atoms with Crippen molar-refractivity contribution < 1.29 is 18.7 Å².